The number of carbonyl (C=O) groups is 1. The first-order valence-electron chi connectivity index (χ1n) is 9.68. The zero-order valence-corrected chi connectivity index (χ0v) is 15.4. The molecule has 2 aliphatic rings. The molecule has 0 atom stereocenters. The number of aryl methyl sites for hydroxylation is 1. The molecule has 1 aromatic carbocycles. The zero-order chi connectivity index (χ0) is 18.5. The van der Waals surface area contributed by atoms with Crippen LogP contribution >= 0.6 is 0 Å². The fraction of sp³-hybridized carbons (Fsp3) is 0.550. The molecule has 2 aliphatic heterocycles. The third-order valence-corrected chi connectivity index (χ3v) is 5.19. The Kier molecular flexibility index (Phi) is 5.79. The average Bonchev–Trinajstić information content (AvgIpc) is 3.41. The van der Waals surface area contributed by atoms with Crippen LogP contribution in [0.2, 0.25) is 0 Å². The van der Waals surface area contributed by atoms with Gasteiger partial charge in [0, 0.05) is 37.4 Å². The topological polar surface area (TPSA) is 77.7 Å². The first-order chi connectivity index (χ1) is 13.3. The van der Waals surface area contributed by atoms with Crippen molar-refractivity contribution in [2.45, 2.75) is 38.4 Å². The number of carbonyl (C=O) groups excluding carboxylic acids is 1. The van der Waals surface area contributed by atoms with Gasteiger partial charge in [0.25, 0.3) is 0 Å². The highest BCUT2D eigenvalue weighted by atomic mass is 16.7. The standard InChI is InChI=1S/C20H25N3O4/c24-18(23-11-9-16(10-12-23)20-25-13-14-26-20)8-4-7-17-21-22-19(27-17)15-5-2-1-3-6-15/h1-3,5-6,16,20H,4,7-14H2. The average molecular weight is 371 g/mol. The molecule has 0 N–H and O–H groups in total. The summed E-state index contributed by atoms with van der Waals surface area (Å²) in [5, 5.41) is 8.17. The molecule has 0 saturated carbocycles. The van der Waals surface area contributed by atoms with Gasteiger partial charge in [0.05, 0.1) is 13.2 Å². The van der Waals surface area contributed by atoms with Crippen LogP contribution in [0, 0.1) is 5.92 Å². The Morgan fingerprint density at radius 2 is 1.81 bits per heavy atom. The number of aromatic nitrogens is 2. The van der Waals surface area contributed by atoms with E-state index in [0.29, 0.717) is 50.2 Å². The maximum absolute atomic E-state index is 12.4. The number of ether oxygens (including phenoxy) is 2. The van der Waals surface area contributed by atoms with Crippen molar-refractivity contribution in [3.8, 4) is 11.5 Å². The highest BCUT2D eigenvalue weighted by Gasteiger charge is 2.31. The van der Waals surface area contributed by atoms with Gasteiger partial charge in [-0.2, -0.15) is 0 Å². The predicted molar refractivity (Wildman–Crippen MR) is 97.7 cm³/mol. The first kappa shape index (κ1) is 18.1. The lowest BCUT2D eigenvalue weighted by Gasteiger charge is -2.33. The number of likely N-dealkylation sites (tertiary alicyclic amines) is 1. The smallest absolute Gasteiger partial charge is 0.247 e. The van der Waals surface area contributed by atoms with E-state index < -0.39 is 0 Å². The minimum atomic E-state index is -0.0708. The van der Waals surface area contributed by atoms with Crippen LogP contribution in [-0.2, 0) is 20.7 Å². The third kappa shape index (κ3) is 4.54. The van der Waals surface area contributed by atoms with E-state index in [4.69, 9.17) is 13.9 Å². The van der Waals surface area contributed by atoms with Gasteiger partial charge in [0.1, 0.15) is 0 Å². The lowest BCUT2D eigenvalue weighted by atomic mass is 9.96. The first-order valence-corrected chi connectivity index (χ1v) is 9.68. The van der Waals surface area contributed by atoms with Crippen molar-refractivity contribution in [3.63, 3.8) is 0 Å². The second-order valence-electron chi connectivity index (χ2n) is 7.05. The molecule has 2 fully saturated rings. The van der Waals surface area contributed by atoms with Gasteiger partial charge in [-0.1, -0.05) is 18.2 Å². The van der Waals surface area contributed by atoms with E-state index in [1.54, 1.807) is 0 Å². The quantitative estimate of drug-likeness (QED) is 0.777. The molecule has 144 valence electrons. The van der Waals surface area contributed by atoms with Crippen LogP contribution < -0.4 is 0 Å². The van der Waals surface area contributed by atoms with Crippen LogP contribution in [0.3, 0.4) is 0 Å². The lowest BCUT2D eigenvalue weighted by molar-refractivity contribution is -0.136. The van der Waals surface area contributed by atoms with Gasteiger partial charge in [0.15, 0.2) is 6.29 Å². The second-order valence-corrected chi connectivity index (χ2v) is 7.05. The molecule has 2 saturated heterocycles. The highest BCUT2D eigenvalue weighted by molar-refractivity contribution is 5.76. The summed E-state index contributed by atoms with van der Waals surface area (Å²) in [6, 6.07) is 9.69. The summed E-state index contributed by atoms with van der Waals surface area (Å²) >= 11 is 0. The van der Waals surface area contributed by atoms with Crippen LogP contribution in [0.5, 0.6) is 0 Å². The lowest BCUT2D eigenvalue weighted by Crippen LogP contribution is -2.41. The molecule has 0 bridgehead atoms. The second kappa shape index (κ2) is 8.63. The predicted octanol–water partition coefficient (Wildman–Crippen LogP) is 2.67. The Bertz CT molecular complexity index is 735. The molecular weight excluding hydrogens is 346 g/mol. The molecule has 2 aromatic rings. The van der Waals surface area contributed by atoms with Crippen LogP contribution in [0.25, 0.3) is 11.5 Å². The van der Waals surface area contributed by atoms with Gasteiger partial charge in [-0.3, -0.25) is 4.79 Å². The van der Waals surface area contributed by atoms with Crippen molar-refractivity contribution in [2.75, 3.05) is 26.3 Å². The number of piperidine rings is 1. The summed E-state index contributed by atoms with van der Waals surface area (Å²) in [6.45, 7) is 2.94. The Balaban J connectivity index is 1.19. The molecule has 7 nitrogen and oxygen atoms in total. The van der Waals surface area contributed by atoms with E-state index >= 15 is 0 Å². The van der Waals surface area contributed by atoms with E-state index in [2.05, 4.69) is 10.2 Å². The summed E-state index contributed by atoms with van der Waals surface area (Å²) in [6.07, 6.45) is 3.65. The molecule has 1 amide bonds. The molecule has 4 rings (SSSR count). The van der Waals surface area contributed by atoms with Gasteiger partial charge in [-0.05, 0) is 31.4 Å². The highest BCUT2D eigenvalue weighted by Crippen LogP contribution is 2.26. The fourth-order valence-corrected chi connectivity index (χ4v) is 3.67. The van der Waals surface area contributed by atoms with Crippen molar-refractivity contribution in [2.24, 2.45) is 5.92 Å². The van der Waals surface area contributed by atoms with Gasteiger partial charge in [0.2, 0.25) is 17.7 Å². The Morgan fingerprint density at radius 3 is 2.56 bits per heavy atom. The van der Waals surface area contributed by atoms with Crippen molar-refractivity contribution in [3.05, 3.63) is 36.2 Å². The van der Waals surface area contributed by atoms with Crippen LogP contribution in [0.1, 0.15) is 31.6 Å². The molecular formula is C20H25N3O4. The van der Waals surface area contributed by atoms with Crippen molar-refractivity contribution in [1.29, 1.82) is 0 Å². The number of benzene rings is 1. The van der Waals surface area contributed by atoms with E-state index in [1.807, 2.05) is 35.2 Å². The molecule has 1 aromatic heterocycles. The monoisotopic (exact) mass is 371 g/mol. The molecule has 0 unspecified atom stereocenters. The van der Waals surface area contributed by atoms with E-state index in [0.717, 1.165) is 31.5 Å². The molecule has 7 heteroatoms. The van der Waals surface area contributed by atoms with E-state index in [-0.39, 0.29) is 12.2 Å². The SMILES string of the molecule is O=C(CCCc1nnc(-c2ccccc2)o1)N1CCC(C2OCCO2)CC1. The number of hydrogen-bond donors (Lipinski definition) is 0. The number of rotatable bonds is 6. The van der Waals surface area contributed by atoms with Gasteiger partial charge < -0.3 is 18.8 Å². The number of nitrogens with zero attached hydrogens (tertiary/aromatic N) is 3. The minimum Gasteiger partial charge on any atom is -0.421 e. The van der Waals surface area contributed by atoms with Crippen LogP contribution in [0.4, 0.5) is 0 Å². The Hall–Kier alpha value is -2.25. The largest absolute Gasteiger partial charge is 0.421 e. The van der Waals surface area contributed by atoms with E-state index in [1.165, 1.54) is 0 Å². The molecule has 0 radical (unpaired) electrons. The Labute approximate surface area is 158 Å². The fourth-order valence-electron chi connectivity index (χ4n) is 3.67. The Morgan fingerprint density at radius 1 is 1.07 bits per heavy atom. The molecule has 27 heavy (non-hydrogen) atoms. The maximum Gasteiger partial charge on any atom is 0.247 e. The van der Waals surface area contributed by atoms with Gasteiger partial charge >= 0.3 is 0 Å². The summed E-state index contributed by atoms with van der Waals surface area (Å²) in [4.78, 5) is 14.4. The van der Waals surface area contributed by atoms with Gasteiger partial charge in [-0.25, -0.2) is 0 Å². The number of amides is 1. The summed E-state index contributed by atoms with van der Waals surface area (Å²) in [5.41, 5.74) is 0.908. The van der Waals surface area contributed by atoms with Crippen LogP contribution in [-0.4, -0.2) is 53.6 Å². The maximum atomic E-state index is 12.4. The van der Waals surface area contributed by atoms with Gasteiger partial charge in [-0.15, -0.1) is 10.2 Å². The van der Waals surface area contributed by atoms with Crippen molar-refractivity contribution >= 4 is 5.91 Å². The molecule has 3 heterocycles. The number of hydrogen-bond acceptors (Lipinski definition) is 6. The normalized spacial score (nSPS) is 18.9. The molecule has 0 aliphatic carbocycles. The zero-order valence-electron chi connectivity index (χ0n) is 15.4. The summed E-state index contributed by atoms with van der Waals surface area (Å²) in [7, 11) is 0. The third-order valence-electron chi connectivity index (χ3n) is 5.19. The summed E-state index contributed by atoms with van der Waals surface area (Å²) < 4.78 is 16.9. The van der Waals surface area contributed by atoms with Crippen LogP contribution in [0.15, 0.2) is 34.7 Å². The minimum absolute atomic E-state index is 0.0708. The van der Waals surface area contributed by atoms with Crippen molar-refractivity contribution < 1.29 is 18.7 Å². The summed E-state index contributed by atoms with van der Waals surface area (Å²) in [5.74, 6) is 1.71. The molecule has 0 spiro atoms. The van der Waals surface area contributed by atoms with E-state index in [9.17, 15) is 4.79 Å². The van der Waals surface area contributed by atoms with Crippen molar-refractivity contribution in [1.82, 2.24) is 15.1 Å².